The average Bonchev–Trinajstić information content (AvgIpc) is 2.73. The molecule has 0 unspecified atom stereocenters. The van der Waals surface area contributed by atoms with Crippen LogP contribution in [0.2, 0.25) is 0 Å². The van der Waals surface area contributed by atoms with Crippen LogP contribution in [0.4, 0.5) is 0 Å². The molecule has 0 saturated carbocycles. The minimum absolute atomic E-state index is 0.0886. The molecule has 0 aliphatic carbocycles. The monoisotopic (exact) mass is 480 g/mol. The number of aromatic hydroxyl groups is 2. The summed E-state index contributed by atoms with van der Waals surface area (Å²) < 4.78 is 0. The van der Waals surface area contributed by atoms with Crippen molar-refractivity contribution in [3.05, 3.63) is 23.8 Å². The van der Waals surface area contributed by atoms with E-state index >= 15 is 0 Å². The van der Waals surface area contributed by atoms with Crippen molar-refractivity contribution in [1.82, 2.24) is 0 Å². The van der Waals surface area contributed by atoms with Crippen molar-refractivity contribution >= 4 is 5.78 Å². The van der Waals surface area contributed by atoms with Gasteiger partial charge < -0.3 is 25.5 Å². The number of Topliss-reactive ketones (excluding diaryl/α,β-unsaturated/α-hetero) is 1. The lowest BCUT2D eigenvalue weighted by atomic mass is 9.81. The van der Waals surface area contributed by atoms with E-state index in [9.17, 15) is 30.3 Å². The van der Waals surface area contributed by atoms with E-state index in [1.54, 1.807) is 0 Å². The van der Waals surface area contributed by atoms with Crippen molar-refractivity contribution in [3.63, 3.8) is 0 Å². The van der Waals surface area contributed by atoms with Crippen LogP contribution in [0, 0.1) is 29.6 Å². The molecule has 0 aliphatic heterocycles. The van der Waals surface area contributed by atoms with Gasteiger partial charge in [-0.1, -0.05) is 41.5 Å². The highest BCUT2D eigenvalue weighted by Gasteiger charge is 2.31. The van der Waals surface area contributed by atoms with E-state index in [1.807, 2.05) is 27.7 Å². The van der Waals surface area contributed by atoms with Gasteiger partial charge in [0.2, 0.25) is 0 Å². The minimum atomic E-state index is -1.07. The molecule has 0 bridgehead atoms. The first-order chi connectivity index (χ1) is 15.8. The SMILES string of the molecule is CCC(=O)[C@H](C)C[C@@H](C)C[C@H](C)CC[C@@H](O)C[C@@H](O)[C@@H](CC(C)C)[C@@H](O)c1cc(O)cc(O)c1. The van der Waals surface area contributed by atoms with Gasteiger partial charge in [0.15, 0.2) is 0 Å². The first-order valence-electron chi connectivity index (χ1n) is 12.9. The molecule has 1 rings (SSSR count). The molecule has 0 aliphatic rings. The number of aliphatic hydroxyl groups is 3. The molecule has 0 radical (unpaired) electrons. The Hall–Kier alpha value is -1.63. The van der Waals surface area contributed by atoms with E-state index in [0.717, 1.165) is 19.3 Å². The zero-order chi connectivity index (χ0) is 26.0. The summed E-state index contributed by atoms with van der Waals surface area (Å²) >= 11 is 0. The maximum absolute atomic E-state index is 11.8. The highest BCUT2D eigenvalue weighted by Crippen LogP contribution is 2.35. The molecule has 6 heteroatoms. The molecule has 1 aromatic carbocycles. The highest BCUT2D eigenvalue weighted by atomic mass is 16.3. The van der Waals surface area contributed by atoms with E-state index in [-0.39, 0.29) is 29.8 Å². The quantitative estimate of drug-likeness (QED) is 0.218. The van der Waals surface area contributed by atoms with Gasteiger partial charge in [0.1, 0.15) is 17.3 Å². The standard InChI is InChI=1S/C28H48O6/c1-7-26(32)20(6)12-19(5)11-18(4)8-9-22(29)16-27(33)25(10-17(2)3)28(34)21-13-23(30)15-24(31)14-21/h13-15,17-20,22,25,27-31,33-34H,7-12,16H2,1-6H3/t18-,19+,20-,22-,25-,27-,28+/m1/s1. The van der Waals surface area contributed by atoms with E-state index in [2.05, 4.69) is 13.8 Å². The lowest BCUT2D eigenvalue weighted by Crippen LogP contribution is -2.31. The lowest BCUT2D eigenvalue weighted by molar-refractivity contribution is -0.122. The van der Waals surface area contributed by atoms with Crippen molar-refractivity contribution in [2.24, 2.45) is 29.6 Å². The number of benzene rings is 1. The molecular weight excluding hydrogens is 432 g/mol. The molecule has 0 aromatic heterocycles. The predicted octanol–water partition coefficient (Wildman–Crippen LogP) is 5.35. The van der Waals surface area contributed by atoms with Gasteiger partial charge in [0.25, 0.3) is 0 Å². The van der Waals surface area contributed by atoms with Crippen molar-refractivity contribution in [3.8, 4) is 11.5 Å². The van der Waals surface area contributed by atoms with E-state index in [4.69, 9.17) is 0 Å². The second kappa shape index (κ2) is 14.7. The number of hydrogen-bond acceptors (Lipinski definition) is 6. The Bertz CT molecular complexity index is 713. The average molecular weight is 481 g/mol. The van der Waals surface area contributed by atoms with Gasteiger partial charge in [-0.2, -0.15) is 0 Å². The molecule has 5 N–H and O–H groups in total. The van der Waals surface area contributed by atoms with Gasteiger partial charge >= 0.3 is 0 Å². The molecule has 0 saturated heterocycles. The number of ketones is 1. The van der Waals surface area contributed by atoms with Gasteiger partial charge in [0.05, 0.1) is 18.3 Å². The number of phenols is 2. The Labute approximate surface area is 206 Å². The first-order valence-corrected chi connectivity index (χ1v) is 12.9. The third-order valence-electron chi connectivity index (χ3n) is 6.87. The molecule has 1 aromatic rings. The normalized spacial score (nSPS) is 18.2. The molecule has 7 atom stereocenters. The van der Waals surface area contributed by atoms with Crippen LogP contribution in [0.15, 0.2) is 18.2 Å². The number of aliphatic hydroxyl groups excluding tert-OH is 3. The molecule has 0 fully saturated rings. The van der Waals surface area contributed by atoms with Crippen molar-refractivity contribution in [2.45, 2.75) is 105 Å². The molecule has 34 heavy (non-hydrogen) atoms. The maximum Gasteiger partial charge on any atom is 0.135 e. The summed E-state index contributed by atoms with van der Waals surface area (Å²) in [5, 5.41) is 52.0. The fourth-order valence-electron chi connectivity index (χ4n) is 5.11. The molecule has 196 valence electrons. The van der Waals surface area contributed by atoms with Gasteiger partial charge in [0, 0.05) is 24.3 Å². The third kappa shape index (κ3) is 10.7. The summed E-state index contributed by atoms with van der Waals surface area (Å²) in [7, 11) is 0. The second-order valence-corrected chi connectivity index (χ2v) is 11.0. The summed E-state index contributed by atoms with van der Waals surface area (Å²) in [4.78, 5) is 11.8. The number of carbonyl (C=O) groups excluding carboxylic acids is 1. The minimum Gasteiger partial charge on any atom is -0.508 e. The maximum atomic E-state index is 11.8. The van der Waals surface area contributed by atoms with Crippen molar-refractivity contribution in [1.29, 1.82) is 0 Å². The number of carbonyl (C=O) groups is 1. The van der Waals surface area contributed by atoms with Gasteiger partial charge in [-0.3, -0.25) is 4.79 Å². The van der Waals surface area contributed by atoms with Crippen LogP contribution >= 0.6 is 0 Å². The highest BCUT2D eigenvalue weighted by molar-refractivity contribution is 5.80. The Morgan fingerprint density at radius 3 is 1.91 bits per heavy atom. The van der Waals surface area contributed by atoms with Crippen LogP contribution < -0.4 is 0 Å². The Morgan fingerprint density at radius 1 is 0.794 bits per heavy atom. The van der Waals surface area contributed by atoms with E-state index < -0.39 is 24.2 Å². The second-order valence-electron chi connectivity index (χ2n) is 11.0. The fourth-order valence-corrected chi connectivity index (χ4v) is 5.11. The van der Waals surface area contributed by atoms with Crippen LogP contribution in [0.1, 0.15) is 98.2 Å². The number of rotatable bonds is 16. The van der Waals surface area contributed by atoms with Gasteiger partial charge in [-0.05, 0) is 74.0 Å². The molecule has 0 heterocycles. The van der Waals surface area contributed by atoms with E-state index in [1.165, 1.54) is 18.2 Å². The summed E-state index contributed by atoms with van der Waals surface area (Å²) in [6.07, 6.45) is 1.85. The third-order valence-corrected chi connectivity index (χ3v) is 6.87. The Balaban J connectivity index is 2.64. The number of hydrogen-bond donors (Lipinski definition) is 5. The van der Waals surface area contributed by atoms with Crippen LogP contribution in [-0.4, -0.2) is 43.5 Å². The molecule has 0 amide bonds. The Morgan fingerprint density at radius 2 is 1.38 bits per heavy atom. The van der Waals surface area contributed by atoms with Gasteiger partial charge in [-0.25, -0.2) is 0 Å². The predicted molar refractivity (Wildman–Crippen MR) is 136 cm³/mol. The largest absolute Gasteiger partial charge is 0.508 e. The molecular formula is C28H48O6. The summed E-state index contributed by atoms with van der Waals surface area (Å²) in [5.41, 5.74) is 0.343. The Kier molecular flexibility index (Phi) is 13.1. The fraction of sp³-hybridized carbons (Fsp3) is 0.750. The zero-order valence-corrected chi connectivity index (χ0v) is 21.9. The van der Waals surface area contributed by atoms with Gasteiger partial charge in [-0.15, -0.1) is 0 Å². The smallest absolute Gasteiger partial charge is 0.135 e. The molecule has 0 spiro atoms. The summed E-state index contributed by atoms with van der Waals surface area (Å²) in [6, 6.07) is 3.97. The van der Waals surface area contributed by atoms with Crippen LogP contribution in [0.3, 0.4) is 0 Å². The van der Waals surface area contributed by atoms with Crippen molar-refractivity contribution < 1.29 is 30.3 Å². The summed E-state index contributed by atoms with van der Waals surface area (Å²) in [5.74, 6) is 0.609. The first kappa shape index (κ1) is 30.4. The topological polar surface area (TPSA) is 118 Å². The summed E-state index contributed by atoms with van der Waals surface area (Å²) in [6.45, 7) is 12.2. The molecule has 6 nitrogen and oxygen atoms in total. The van der Waals surface area contributed by atoms with Crippen LogP contribution in [0.25, 0.3) is 0 Å². The van der Waals surface area contributed by atoms with E-state index in [0.29, 0.717) is 42.4 Å². The van der Waals surface area contributed by atoms with Crippen LogP contribution in [0.5, 0.6) is 11.5 Å². The lowest BCUT2D eigenvalue weighted by Gasteiger charge is -2.31. The van der Waals surface area contributed by atoms with Crippen molar-refractivity contribution in [2.75, 3.05) is 0 Å². The number of phenolic OH excluding ortho intramolecular Hbond substituents is 2. The zero-order valence-electron chi connectivity index (χ0n) is 21.9. The van der Waals surface area contributed by atoms with Crippen LogP contribution in [-0.2, 0) is 4.79 Å².